The van der Waals surface area contributed by atoms with Crippen LogP contribution in [0.1, 0.15) is 49.2 Å². The first-order valence-corrected chi connectivity index (χ1v) is 9.27. The van der Waals surface area contributed by atoms with Crippen molar-refractivity contribution in [2.75, 3.05) is 0 Å². The lowest BCUT2D eigenvalue weighted by atomic mass is 9.86. The molecule has 9 heteroatoms. The van der Waals surface area contributed by atoms with Gasteiger partial charge in [-0.05, 0) is 18.4 Å². The van der Waals surface area contributed by atoms with E-state index in [2.05, 4.69) is 4.98 Å². The topological polar surface area (TPSA) is 78.0 Å². The highest BCUT2D eigenvalue weighted by Gasteiger charge is 2.31. The average molecular weight is 421 g/mol. The van der Waals surface area contributed by atoms with Crippen LogP contribution in [-0.4, -0.2) is 15.5 Å². The van der Waals surface area contributed by atoms with Crippen LogP contribution in [-0.2, 0) is 0 Å². The Bertz CT molecular complexity index is 1200. The van der Waals surface area contributed by atoms with Gasteiger partial charge in [0.2, 0.25) is 5.43 Å². The van der Waals surface area contributed by atoms with Crippen molar-refractivity contribution in [3.63, 3.8) is 0 Å². The summed E-state index contributed by atoms with van der Waals surface area (Å²) in [6, 6.07) is 1.75. The largest absolute Gasteiger partial charge is 0.365 e. The smallest absolute Gasteiger partial charge is 0.254 e. The second kappa shape index (κ2) is 7.89. The van der Waals surface area contributed by atoms with Crippen molar-refractivity contribution in [1.29, 1.82) is 0 Å². The van der Waals surface area contributed by atoms with Gasteiger partial charge >= 0.3 is 0 Å². The van der Waals surface area contributed by atoms with Crippen molar-refractivity contribution < 1.29 is 22.4 Å². The number of nitrogens with two attached hydrogens (primary N) is 1. The zero-order valence-electron chi connectivity index (χ0n) is 16.5. The summed E-state index contributed by atoms with van der Waals surface area (Å²) in [6.07, 6.45) is 1.16. The minimum Gasteiger partial charge on any atom is -0.365 e. The van der Waals surface area contributed by atoms with Gasteiger partial charge in [-0.1, -0.05) is 20.8 Å². The van der Waals surface area contributed by atoms with Crippen molar-refractivity contribution in [2.24, 2.45) is 11.7 Å². The van der Waals surface area contributed by atoms with Crippen LogP contribution in [0.25, 0.3) is 16.7 Å². The van der Waals surface area contributed by atoms with Gasteiger partial charge < -0.3 is 5.73 Å². The van der Waals surface area contributed by atoms with Gasteiger partial charge in [0.05, 0.1) is 11.6 Å². The molecule has 30 heavy (non-hydrogen) atoms. The summed E-state index contributed by atoms with van der Waals surface area (Å²) >= 11 is 0. The van der Waals surface area contributed by atoms with Crippen LogP contribution in [0.4, 0.5) is 17.6 Å². The fraction of sp³-hybridized carbons (Fsp3) is 0.286. The lowest BCUT2D eigenvalue weighted by Crippen LogP contribution is -2.31. The van der Waals surface area contributed by atoms with Crippen molar-refractivity contribution in [3.8, 4) is 5.69 Å². The summed E-state index contributed by atoms with van der Waals surface area (Å²) in [5.41, 5.74) is 3.00. The van der Waals surface area contributed by atoms with Crippen molar-refractivity contribution in [3.05, 3.63) is 69.1 Å². The molecule has 2 aromatic heterocycles. The molecule has 0 saturated heterocycles. The number of amides is 1. The molecule has 2 N–H and O–H groups in total. The molecule has 0 bridgehead atoms. The number of rotatable bonds is 5. The predicted octanol–water partition coefficient (Wildman–Crippen LogP) is 4.19. The Morgan fingerprint density at radius 2 is 1.70 bits per heavy atom. The van der Waals surface area contributed by atoms with E-state index in [0.29, 0.717) is 18.6 Å². The fourth-order valence-electron chi connectivity index (χ4n) is 3.80. The Balaban J connectivity index is 2.68. The van der Waals surface area contributed by atoms with Gasteiger partial charge in [-0.15, -0.1) is 0 Å². The van der Waals surface area contributed by atoms with Gasteiger partial charge in [-0.3, -0.25) is 14.2 Å². The minimum atomic E-state index is -1.28. The van der Waals surface area contributed by atoms with E-state index in [4.69, 9.17) is 5.73 Å². The SMILES string of the molecule is CCC(c1c(C(N)=O)c(=O)c2cc(F)cnc2n1-c1c(F)cc(F)cc1F)C(C)C. The Labute approximate surface area is 169 Å². The number of hydrogen-bond acceptors (Lipinski definition) is 3. The Hall–Kier alpha value is -3.23. The molecule has 1 atom stereocenters. The van der Waals surface area contributed by atoms with E-state index < -0.39 is 51.8 Å². The molecule has 0 radical (unpaired) electrons. The summed E-state index contributed by atoms with van der Waals surface area (Å²) in [4.78, 5) is 29.2. The third kappa shape index (κ3) is 3.44. The number of pyridine rings is 2. The number of carbonyl (C=O) groups excluding carboxylic acids is 1. The molecule has 3 rings (SSSR count). The Kier molecular flexibility index (Phi) is 5.65. The van der Waals surface area contributed by atoms with Gasteiger partial charge in [-0.2, -0.15) is 0 Å². The standard InChI is InChI=1S/C21H19F4N3O2/c1-4-12(9(2)3)17-16(20(26)30)19(29)13-5-11(23)8-27-21(13)28(17)18-14(24)6-10(22)7-15(18)25/h5-9,12H,4H2,1-3H3,(H2,26,30). The van der Waals surface area contributed by atoms with E-state index in [1.54, 1.807) is 20.8 Å². The van der Waals surface area contributed by atoms with E-state index in [1.807, 2.05) is 0 Å². The molecule has 1 unspecified atom stereocenters. The Morgan fingerprint density at radius 3 is 2.20 bits per heavy atom. The van der Waals surface area contributed by atoms with Crippen molar-refractivity contribution in [1.82, 2.24) is 9.55 Å². The maximum Gasteiger partial charge on any atom is 0.254 e. The molecule has 1 aromatic carbocycles. The number of hydrogen-bond donors (Lipinski definition) is 1. The predicted molar refractivity (Wildman–Crippen MR) is 104 cm³/mol. The molecular weight excluding hydrogens is 402 g/mol. The number of benzene rings is 1. The summed E-state index contributed by atoms with van der Waals surface area (Å²) in [5, 5.41) is -0.380. The number of halogens is 4. The van der Waals surface area contributed by atoms with Gasteiger partial charge in [-0.25, -0.2) is 22.5 Å². The highest BCUT2D eigenvalue weighted by molar-refractivity contribution is 5.98. The van der Waals surface area contributed by atoms with Crippen LogP contribution >= 0.6 is 0 Å². The molecule has 3 aromatic rings. The quantitative estimate of drug-likeness (QED) is 0.628. The van der Waals surface area contributed by atoms with Crippen LogP contribution < -0.4 is 11.2 Å². The van der Waals surface area contributed by atoms with Crippen molar-refractivity contribution >= 4 is 16.9 Å². The number of nitrogens with zero attached hydrogens (tertiary/aromatic N) is 2. The first-order valence-electron chi connectivity index (χ1n) is 9.27. The number of carbonyl (C=O) groups is 1. The lowest BCUT2D eigenvalue weighted by Gasteiger charge is -2.27. The van der Waals surface area contributed by atoms with Gasteiger partial charge in [0.1, 0.15) is 28.5 Å². The monoisotopic (exact) mass is 421 g/mol. The highest BCUT2D eigenvalue weighted by atomic mass is 19.1. The zero-order valence-corrected chi connectivity index (χ0v) is 16.5. The maximum atomic E-state index is 14.8. The van der Waals surface area contributed by atoms with E-state index in [9.17, 15) is 27.2 Å². The molecule has 2 heterocycles. The highest BCUT2D eigenvalue weighted by Crippen LogP contribution is 2.35. The molecular formula is C21H19F4N3O2. The second-order valence-electron chi connectivity index (χ2n) is 7.29. The zero-order chi connectivity index (χ0) is 22.3. The van der Waals surface area contributed by atoms with Crippen molar-refractivity contribution in [2.45, 2.75) is 33.1 Å². The van der Waals surface area contributed by atoms with Gasteiger partial charge in [0, 0.05) is 23.7 Å². The molecule has 1 amide bonds. The molecule has 0 spiro atoms. The Morgan fingerprint density at radius 1 is 1.10 bits per heavy atom. The average Bonchev–Trinajstić information content (AvgIpc) is 2.63. The fourth-order valence-corrected chi connectivity index (χ4v) is 3.80. The summed E-state index contributed by atoms with van der Waals surface area (Å²) < 4.78 is 57.9. The van der Waals surface area contributed by atoms with Gasteiger partial charge in [0.15, 0.2) is 11.6 Å². The number of aromatic nitrogens is 2. The molecule has 0 fully saturated rings. The van der Waals surface area contributed by atoms with Gasteiger partial charge in [0.25, 0.3) is 5.91 Å². The third-order valence-electron chi connectivity index (χ3n) is 5.06. The normalized spacial score (nSPS) is 12.5. The third-order valence-corrected chi connectivity index (χ3v) is 5.06. The van der Waals surface area contributed by atoms with Crippen LogP contribution in [0, 0.1) is 29.2 Å². The summed E-state index contributed by atoms with van der Waals surface area (Å²) in [7, 11) is 0. The second-order valence-corrected chi connectivity index (χ2v) is 7.29. The van der Waals surface area contributed by atoms with E-state index in [0.717, 1.165) is 16.8 Å². The first kappa shape index (κ1) is 21.5. The molecule has 0 aliphatic heterocycles. The molecule has 0 aliphatic carbocycles. The van der Waals surface area contributed by atoms with E-state index in [-0.39, 0.29) is 22.6 Å². The minimum absolute atomic E-state index is 0.0546. The van der Waals surface area contributed by atoms with E-state index >= 15 is 0 Å². The number of primary amides is 1. The summed E-state index contributed by atoms with van der Waals surface area (Å²) in [6.45, 7) is 5.37. The molecule has 158 valence electrons. The maximum absolute atomic E-state index is 14.8. The van der Waals surface area contributed by atoms with Crippen LogP contribution in [0.5, 0.6) is 0 Å². The van der Waals surface area contributed by atoms with Crippen LogP contribution in [0.3, 0.4) is 0 Å². The molecule has 0 saturated carbocycles. The lowest BCUT2D eigenvalue weighted by molar-refractivity contribution is 0.0997. The molecule has 5 nitrogen and oxygen atoms in total. The van der Waals surface area contributed by atoms with Crippen LogP contribution in [0.15, 0.2) is 29.2 Å². The number of fused-ring (bicyclic) bond motifs is 1. The summed E-state index contributed by atoms with van der Waals surface area (Å²) in [5.74, 6) is -6.44. The van der Waals surface area contributed by atoms with E-state index in [1.165, 1.54) is 0 Å². The molecule has 0 aliphatic rings. The first-order chi connectivity index (χ1) is 14.1. The van der Waals surface area contributed by atoms with Crippen LogP contribution in [0.2, 0.25) is 0 Å².